The summed E-state index contributed by atoms with van der Waals surface area (Å²) in [6.07, 6.45) is 0. The summed E-state index contributed by atoms with van der Waals surface area (Å²) in [4.78, 5) is 1.39. The molecule has 0 bridgehead atoms. The average molecular weight is 324 g/mol. The molecule has 0 saturated carbocycles. The molecular weight excluding hydrogens is 304 g/mol. The fraction of sp³-hybridized carbons (Fsp3) is 0.333. The number of hydrogen-bond donors (Lipinski definition) is 1. The van der Waals surface area contributed by atoms with Crippen LogP contribution < -0.4 is 5.73 Å². The van der Waals surface area contributed by atoms with Crippen LogP contribution in [0.25, 0.3) is 0 Å². The maximum atomic E-state index is 12.9. The summed E-state index contributed by atoms with van der Waals surface area (Å²) in [6.45, 7) is 4.85. The molecule has 114 valence electrons. The smallest absolute Gasteiger partial charge is 0.243 e. The zero-order valence-electron chi connectivity index (χ0n) is 12.2. The van der Waals surface area contributed by atoms with Crippen molar-refractivity contribution in [2.45, 2.75) is 31.8 Å². The number of sulfonamides is 1. The molecule has 0 spiro atoms. The molecule has 4 nitrogen and oxygen atoms in total. The third-order valence-electron chi connectivity index (χ3n) is 3.50. The SMILES string of the molecule is CCN(Cc1cccs1)S(=O)(=O)c1cccc(CN)c1C. The Morgan fingerprint density at radius 2 is 2.00 bits per heavy atom. The number of nitrogens with zero attached hydrogens (tertiary/aromatic N) is 1. The predicted octanol–water partition coefficient (Wildman–Crippen LogP) is 2.73. The van der Waals surface area contributed by atoms with Crippen LogP contribution in [-0.4, -0.2) is 19.3 Å². The Balaban J connectivity index is 2.40. The average Bonchev–Trinajstić information content (AvgIpc) is 2.97. The summed E-state index contributed by atoms with van der Waals surface area (Å²) in [5.74, 6) is 0. The molecule has 0 aliphatic rings. The minimum Gasteiger partial charge on any atom is -0.326 e. The molecule has 1 aromatic heterocycles. The van der Waals surface area contributed by atoms with Gasteiger partial charge in [0.25, 0.3) is 0 Å². The molecular formula is C15H20N2O2S2. The van der Waals surface area contributed by atoms with Crippen LogP contribution in [0.5, 0.6) is 0 Å². The quantitative estimate of drug-likeness (QED) is 0.888. The Hall–Kier alpha value is -1.21. The van der Waals surface area contributed by atoms with Crippen molar-refractivity contribution >= 4 is 21.4 Å². The molecule has 1 heterocycles. The van der Waals surface area contributed by atoms with Gasteiger partial charge in [0.1, 0.15) is 0 Å². The van der Waals surface area contributed by atoms with Crippen molar-refractivity contribution in [2.24, 2.45) is 5.73 Å². The standard InChI is InChI=1S/C15H20N2O2S2/c1-3-17(11-14-7-5-9-20-14)21(18,19)15-8-4-6-13(10-16)12(15)2/h4-9H,3,10-11,16H2,1-2H3. The zero-order chi connectivity index (χ0) is 15.5. The topological polar surface area (TPSA) is 63.4 Å². The molecule has 0 amide bonds. The first kappa shape index (κ1) is 16.2. The van der Waals surface area contributed by atoms with Crippen LogP contribution in [0.15, 0.2) is 40.6 Å². The van der Waals surface area contributed by atoms with Gasteiger partial charge in [0.05, 0.1) is 4.90 Å². The van der Waals surface area contributed by atoms with E-state index in [1.54, 1.807) is 23.5 Å². The molecule has 0 saturated heterocycles. The second-order valence-corrected chi connectivity index (χ2v) is 7.69. The van der Waals surface area contributed by atoms with Gasteiger partial charge in [-0.05, 0) is 35.6 Å². The lowest BCUT2D eigenvalue weighted by atomic mass is 10.1. The van der Waals surface area contributed by atoms with Crippen molar-refractivity contribution in [3.63, 3.8) is 0 Å². The second kappa shape index (κ2) is 6.70. The van der Waals surface area contributed by atoms with Gasteiger partial charge in [0.15, 0.2) is 0 Å². The van der Waals surface area contributed by atoms with E-state index in [9.17, 15) is 8.42 Å². The van der Waals surface area contributed by atoms with Crippen LogP contribution in [0.3, 0.4) is 0 Å². The highest BCUT2D eigenvalue weighted by atomic mass is 32.2. The highest BCUT2D eigenvalue weighted by Crippen LogP contribution is 2.24. The van der Waals surface area contributed by atoms with Gasteiger partial charge < -0.3 is 5.73 Å². The Labute approximate surface area is 130 Å². The van der Waals surface area contributed by atoms with Crippen LogP contribution in [0, 0.1) is 6.92 Å². The van der Waals surface area contributed by atoms with E-state index < -0.39 is 10.0 Å². The first-order valence-corrected chi connectivity index (χ1v) is 9.13. The van der Waals surface area contributed by atoms with E-state index in [1.165, 1.54) is 4.31 Å². The van der Waals surface area contributed by atoms with E-state index in [0.717, 1.165) is 16.0 Å². The monoisotopic (exact) mass is 324 g/mol. The van der Waals surface area contributed by atoms with Crippen molar-refractivity contribution < 1.29 is 8.42 Å². The van der Waals surface area contributed by atoms with Crippen LogP contribution >= 0.6 is 11.3 Å². The zero-order valence-corrected chi connectivity index (χ0v) is 13.9. The molecule has 2 N–H and O–H groups in total. The van der Waals surface area contributed by atoms with Crippen LogP contribution in [-0.2, 0) is 23.1 Å². The number of rotatable bonds is 6. The molecule has 2 rings (SSSR count). The van der Waals surface area contributed by atoms with E-state index >= 15 is 0 Å². The highest BCUT2D eigenvalue weighted by molar-refractivity contribution is 7.89. The Kier molecular flexibility index (Phi) is 5.16. The Morgan fingerprint density at radius 1 is 1.24 bits per heavy atom. The molecule has 0 unspecified atom stereocenters. The van der Waals surface area contributed by atoms with E-state index in [-0.39, 0.29) is 0 Å². The fourth-order valence-electron chi connectivity index (χ4n) is 2.24. The van der Waals surface area contributed by atoms with Crippen molar-refractivity contribution in [1.82, 2.24) is 4.31 Å². The molecule has 0 fully saturated rings. The van der Waals surface area contributed by atoms with Crippen molar-refractivity contribution in [2.75, 3.05) is 6.54 Å². The maximum absolute atomic E-state index is 12.9. The van der Waals surface area contributed by atoms with Crippen molar-refractivity contribution in [3.8, 4) is 0 Å². The molecule has 21 heavy (non-hydrogen) atoms. The number of nitrogens with two attached hydrogens (primary N) is 1. The minimum atomic E-state index is -3.51. The first-order chi connectivity index (χ1) is 10.0. The first-order valence-electron chi connectivity index (χ1n) is 6.81. The van der Waals surface area contributed by atoms with Crippen LogP contribution in [0.2, 0.25) is 0 Å². The van der Waals surface area contributed by atoms with Crippen molar-refractivity contribution in [3.05, 3.63) is 51.7 Å². The molecule has 0 aliphatic carbocycles. The molecule has 6 heteroatoms. The molecule has 2 aromatic rings. The van der Waals surface area contributed by atoms with Crippen LogP contribution in [0.1, 0.15) is 22.9 Å². The number of thiophene rings is 1. The van der Waals surface area contributed by atoms with Gasteiger partial charge in [0, 0.05) is 24.5 Å². The Morgan fingerprint density at radius 3 is 2.57 bits per heavy atom. The van der Waals surface area contributed by atoms with Gasteiger partial charge in [-0.15, -0.1) is 11.3 Å². The molecule has 0 aliphatic heterocycles. The van der Waals surface area contributed by atoms with Gasteiger partial charge in [-0.1, -0.05) is 25.1 Å². The highest BCUT2D eigenvalue weighted by Gasteiger charge is 2.25. The van der Waals surface area contributed by atoms with Gasteiger partial charge in [-0.25, -0.2) is 8.42 Å². The summed E-state index contributed by atoms with van der Waals surface area (Å²) >= 11 is 1.56. The molecule has 0 atom stereocenters. The Bertz CT molecular complexity index is 694. The fourth-order valence-corrected chi connectivity index (χ4v) is 4.74. The summed E-state index contributed by atoms with van der Waals surface area (Å²) in [7, 11) is -3.51. The maximum Gasteiger partial charge on any atom is 0.243 e. The van der Waals surface area contributed by atoms with Crippen LogP contribution in [0.4, 0.5) is 0 Å². The van der Waals surface area contributed by atoms with Gasteiger partial charge in [-0.2, -0.15) is 4.31 Å². The second-order valence-electron chi connectivity index (χ2n) is 4.75. The van der Waals surface area contributed by atoms with E-state index in [0.29, 0.717) is 24.5 Å². The summed E-state index contributed by atoms with van der Waals surface area (Å²) < 4.78 is 27.2. The van der Waals surface area contributed by atoms with E-state index in [2.05, 4.69) is 0 Å². The lowest BCUT2D eigenvalue weighted by Gasteiger charge is -2.21. The summed E-state index contributed by atoms with van der Waals surface area (Å²) in [6, 6.07) is 9.15. The van der Waals surface area contributed by atoms with Crippen molar-refractivity contribution in [1.29, 1.82) is 0 Å². The number of benzene rings is 1. The van der Waals surface area contributed by atoms with E-state index in [4.69, 9.17) is 5.73 Å². The number of hydrogen-bond acceptors (Lipinski definition) is 4. The lowest BCUT2D eigenvalue weighted by molar-refractivity contribution is 0.426. The third-order valence-corrected chi connectivity index (χ3v) is 6.43. The van der Waals surface area contributed by atoms with E-state index in [1.807, 2.05) is 37.4 Å². The largest absolute Gasteiger partial charge is 0.326 e. The third kappa shape index (κ3) is 3.35. The minimum absolute atomic E-state index is 0.340. The molecule has 0 radical (unpaired) electrons. The van der Waals surface area contributed by atoms with Gasteiger partial charge >= 0.3 is 0 Å². The normalized spacial score (nSPS) is 12.0. The van der Waals surface area contributed by atoms with Gasteiger partial charge in [-0.3, -0.25) is 0 Å². The summed E-state index contributed by atoms with van der Waals surface area (Å²) in [5, 5.41) is 1.95. The molecule has 1 aromatic carbocycles. The lowest BCUT2D eigenvalue weighted by Crippen LogP contribution is -2.30. The predicted molar refractivity (Wildman–Crippen MR) is 86.7 cm³/mol. The summed E-state index contributed by atoms with van der Waals surface area (Å²) in [5.41, 5.74) is 7.28. The van der Waals surface area contributed by atoms with Gasteiger partial charge in [0.2, 0.25) is 10.0 Å².